The highest BCUT2D eigenvalue weighted by atomic mass is 19.1. The Morgan fingerprint density at radius 3 is 2.72 bits per heavy atom. The van der Waals surface area contributed by atoms with Crippen LogP contribution in [0, 0.1) is 17.6 Å². The normalized spacial score (nSPS) is 14.6. The van der Waals surface area contributed by atoms with Crippen molar-refractivity contribution < 1.29 is 23.0 Å². The third-order valence-corrected chi connectivity index (χ3v) is 2.63. The molecule has 1 aliphatic carbocycles. The van der Waals surface area contributed by atoms with Crippen LogP contribution in [0.25, 0.3) is 0 Å². The smallest absolute Gasteiger partial charge is 0.343 e. The van der Waals surface area contributed by atoms with Crippen LogP contribution in [-0.4, -0.2) is 19.4 Å². The summed E-state index contributed by atoms with van der Waals surface area (Å²) in [7, 11) is 0. The van der Waals surface area contributed by atoms with Crippen LogP contribution in [0.5, 0.6) is 0 Å². The first-order valence-corrected chi connectivity index (χ1v) is 5.57. The van der Waals surface area contributed by atoms with Crippen LogP contribution >= 0.6 is 0 Å². The lowest BCUT2D eigenvalue weighted by atomic mass is 10.2. The van der Waals surface area contributed by atoms with Gasteiger partial charge in [-0.3, -0.25) is 0 Å². The molecular formula is C12H13F2NO3. The lowest BCUT2D eigenvalue weighted by molar-refractivity contribution is -0.0347. The number of nitrogen functional groups attached to an aromatic ring is 1. The molecule has 1 aromatic rings. The van der Waals surface area contributed by atoms with E-state index in [0.717, 1.165) is 18.9 Å². The second-order valence-electron chi connectivity index (χ2n) is 4.22. The van der Waals surface area contributed by atoms with Gasteiger partial charge in [-0.05, 0) is 24.8 Å². The highest BCUT2D eigenvalue weighted by Crippen LogP contribution is 2.28. The molecule has 0 radical (unpaired) electrons. The standard InChI is InChI=1S/C12H13F2NO3/c13-9-4-11(15)10(14)3-8(9)12(16)18-6-17-5-7-1-2-7/h3-4,7H,1-2,5-6,15H2. The predicted molar refractivity (Wildman–Crippen MR) is 59.7 cm³/mol. The fourth-order valence-electron chi connectivity index (χ4n) is 1.39. The van der Waals surface area contributed by atoms with E-state index in [-0.39, 0.29) is 12.5 Å². The molecule has 6 heteroatoms. The number of hydrogen-bond acceptors (Lipinski definition) is 4. The molecule has 1 aromatic carbocycles. The molecule has 2 N–H and O–H groups in total. The quantitative estimate of drug-likeness (QED) is 0.380. The van der Waals surface area contributed by atoms with Gasteiger partial charge in [0.2, 0.25) is 0 Å². The van der Waals surface area contributed by atoms with Gasteiger partial charge in [-0.2, -0.15) is 0 Å². The Morgan fingerprint density at radius 2 is 2.06 bits per heavy atom. The van der Waals surface area contributed by atoms with E-state index in [9.17, 15) is 13.6 Å². The van der Waals surface area contributed by atoms with Crippen LogP contribution in [0.3, 0.4) is 0 Å². The minimum atomic E-state index is -0.970. The van der Waals surface area contributed by atoms with Crippen LogP contribution in [0.2, 0.25) is 0 Å². The fourth-order valence-corrected chi connectivity index (χ4v) is 1.39. The van der Waals surface area contributed by atoms with Crippen molar-refractivity contribution in [3.63, 3.8) is 0 Å². The Hall–Kier alpha value is -1.69. The summed E-state index contributed by atoms with van der Waals surface area (Å²) in [5.74, 6) is -2.21. The molecule has 0 unspecified atom stereocenters. The number of benzene rings is 1. The zero-order valence-corrected chi connectivity index (χ0v) is 9.62. The molecule has 1 fully saturated rings. The number of hydrogen-bond donors (Lipinski definition) is 1. The molecule has 0 spiro atoms. The largest absolute Gasteiger partial charge is 0.435 e. The molecule has 1 saturated carbocycles. The summed E-state index contributed by atoms with van der Waals surface area (Å²) in [5, 5.41) is 0. The number of carbonyl (C=O) groups is 1. The van der Waals surface area contributed by atoms with Gasteiger partial charge < -0.3 is 15.2 Å². The molecule has 0 saturated heterocycles. The first-order valence-electron chi connectivity index (χ1n) is 5.57. The van der Waals surface area contributed by atoms with E-state index in [1.807, 2.05) is 0 Å². The van der Waals surface area contributed by atoms with Crippen molar-refractivity contribution in [2.45, 2.75) is 12.8 Å². The van der Waals surface area contributed by atoms with Crippen molar-refractivity contribution >= 4 is 11.7 Å². The fraction of sp³-hybridized carbons (Fsp3) is 0.417. The van der Waals surface area contributed by atoms with E-state index in [1.54, 1.807) is 0 Å². The van der Waals surface area contributed by atoms with E-state index >= 15 is 0 Å². The molecule has 0 aromatic heterocycles. The highest BCUT2D eigenvalue weighted by molar-refractivity contribution is 5.90. The first kappa shape index (κ1) is 12.8. The van der Waals surface area contributed by atoms with E-state index < -0.39 is 23.2 Å². The van der Waals surface area contributed by atoms with Crippen LogP contribution in [0.1, 0.15) is 23.2 Å². The number of ether oxygens (including phenoxy) is 2. The van der Waals surface area contributed by atoms with E-state index in [0.29, 0.717) is 18.6 Å². The molecule has 18 heavy (non-hydrogen) atoms. The van der Waals surface area contributed by atoms with Gasteiger partial charge in [-0.25, -0.2) is 13.6 Å². The number of rotatable bonds is 5. The summed E-state index contributed by atoms with van der Waals surface area (Å²) in [6, 6.07) is 1.46. The van der Waals surface area contributed by atoms with E-state index in [4.69, 9.17) is 10.5 Å². The summed E-state index contributed by atoms with van der Waals surface area (Å²) in [5.41, 5.74) is 4.32. The molecule has 0 amide bonds. The SMILES string of the molecule is Nc1cc(F)c(C(=O)OCOCC2CC2)cc1F. The number of halogens is 2. The summed E-state index contributed by atoms with van der Waals surface area (Å²) < 4.78 is 36.2. The molecule has 0 atom stereocenters. The van der Waals surface area contributed by atoms with Crippen LogP contribution in [-0.2, 0) is 9.47 Å². The third kappa shape index (κ3) is 3.16. The van der Waals surface area contributed by atoms with Crippen molar-refractivity contribution in [1.82, 2.24) is 0 Å². The zero-order chi connectivity index (χ0) is 13.1. The van der Waals surface area contributed by atoms with Gasteiger partial charge in [0, 0.05) is 6.07 Å². The predicted octanol–water partition coefficient (Wildman–Crippen LogP) is 2.09. The molecule has 0 bridgehead atoms. The average molecular weight is 257 g/mol. The van der Waals surface area contributed by atoms with Crippen LogP contribution in [0.15, 0.2) is 12.1 Å². The van der Waals surface area contributed by atoms with Gasteiger partial charge >= 0.3 is 5.97 Å². The Balaban J connectivity index is 1.88. The number of carbonyl (C=O) groups excluding carboxylic acids is 1. The lowest BCUT2D eigenvalue weighted by Crippen LogP contribution is -2.12. The maximum absolute atomic E-state index is 13.3. The first-order chi connectivity index (χ1) is 8.58. The van der Waals surface area contributed by atoms with E-state index in [1.165, 1.54) is 0 Å². The summed E-state index contributed by atoms with van der Waals surface area (Å²) in [6.45, 7) is 0.257. The molecule has 98 valence electrons. The monoisotopic (exact) mass is 257 g/mol. The van der Waals surface area contributed by atoms with Crippen molar-refractivity contribution in [3.05, 3.63) is 29.3 Å². The Bertz CT molecular complexity index is 461. The average Bonchev–Trinajstić information content (AvgIpc) is 3.13. The number of nitrogens with two attached hydrogens (primary N) is 1. The minimum absolute atomic E-state index is 0.263. The van der Waals surface area contributed by atoms with Crippen LogP contribution in [0.4, 0.5) is 14.5 Å². The Morgan fingerprint density at radius 1 is 1.33 bits per heavy atom. The molecule has 0 aliphatic heterocycles. The van der Waals surface area contributed by atoms with Crippen molar-refractivity contribution in [2.75, 3.05) is 19.1 Å². The van der Waals surface area contributed by atoms with Gasteiger partial charge in [0.25, 0.3) is 0 Å². The second kappa shape index (κ2) is 5.30. The Kier molecular flexibility index (Phi) is 3.76. The number of esters is 1. The van der Waals surface area contributed by atoms with Gasteiger partial charge in [0.15, 0.2) is 6.79 Å². The van der Waals surface area contributed by atoms with Crippen LogP contribution < -0.4 is 5.73 Å². The van der Waals surface area contributed by atoms with Gasteiger partial charge in [-0.1, -0.05) is 0 Å². The maximum Gasteiger partial charge on any atom is 0.343 e. The molecule has 2 rings (SSSR count). The minimum Gasteiger partial charge on any atom is -0.435 e. The topological polar surface area (TPSA) is 61.6 Å². The van der Waals surface area contributed by atoms with Gasteiger partial charge in [-0.15, -0.1) is 0 Å². The van der Waals surface area contributed by atoms with Crippen molar-refractivity contribution in [2.24, 2.45) is 5.92 Å². The second-order valence-corrected chi connectivity index (χ2v) is 4.22. The van der Waals surface area contributed by atoms with Gasteiger partial charge in [0.1, 0.15) is 11.6 Å². The maximum atomic E-state index is 13.3. The number of anilines is 1. The molecule has 1 aliphatic rings. The summed E-state index contributed by atoms with van der Waals surface area (Å²) >= 11 is 0. The molecule has 4 nitrogen and oxygen atoms in total. The zero-order valence-electron chi connectivity index (χ0n) is 9.62. The lowest BCUT2D eigenvalue weighted by Gasteiger charge is -2.07. The third-order valence-electron chi connectivity index (χ3n) is 2.63. The molecule has 0 heterocycles. The highest BCUT2D eigenvalue weighted by Gasteiger charge is 2.21. The van der Waals surface area contributed by atoms with Gasteiger partial charge in [0.05, 0.1) is 17.9 Å². The summed E-state index contributed by atoms with van der Waals surface area (Å²) in [6.07, 6.45) is 2.23. The van der Waals surface area contributed by atoms with Crippen molar-refractivity contribution in [3.8, 4) is 0 Å². The summed E-state index contributed by atoms with van der Waals surface area (Å²) in [4.78, 5) is 11.4. The van der Waals surface area contributed by atoms with E-state index in [2.05, 4.69) is 4.74 Å². The molecular weight excluding hydrogens is 244 g/mol. The Labute approximate surface area is 103 Å². The van der Waals surface area contributed by atoms with Crippen molar-refractivity contribution in [1.29, 1.82) is 0 Å².